The first kappa shape index (κ1) is 36.4. The van der Waals surface area contributed by atoms with Gasteiger partial charge in [-0.3, -0.25) is 14.9 Å². The fourth-order valence-electron chi connectivity index (χ4n) is 4.95. The van der Waals surface area contributed by atoms with Gasteiger partial charge in [-0.25, -0.2) is 22.8 Å². The van der Waals surface area contributed by atoms with Gasteiger partial charge in [-0.15, -0.1) is 11.3 Å². The van der Waals surface area contributed by atoms with Crippen LogP contribution < -0.4 is 31.0 Å². The van der Waals surface area contributed by atoms with Crippen LogP contribution in [-0.2, 0) is 41.0 Å². The number of nitrogens with two attached hydrogens (primary N) is 1. The first-order valence-electron chi connectivity index (χ1n) is 14.8. The van der Waals surface area contributed by atoms with E-state index in [2.05, 4.69) is 30.4 Å². The van der Waals surface area contributed by atoms with Gasteiger partial charge in [-0.05, 0) is 37.6 Å². The molecular formula is C29H34N8O11S2. The predicted octanol–water partition coefficient (Wildman–Crippen LogP) is -1.29. The van der Waals surface area contributed by atoms with Crippen LogP contribution in [0.15, 0.2) is 53.1 Å². The molecule has 2 aliphatic rings. The molecule has 0 saturated carbocycles. The average Bonchev–Trinajstić information content (AvgIpc) is 3.47. The minimum absolute atomic E-state index is 0.0463. The van der Waals surface area contributed by atoms with Crippen molar-refractivity contribution in [3.05, 3.63) is 53.7 Å². The summed E-state index contributed by atoms with van der Waals surface area (Å²) in [6.45, 7) is 3.62. The number of rotatable bonds is 15. The topological polar surface area (TPSA) is 271 Å². The Balaban J connectivity index is 1.22. The third-order valence-electron chi connectivity index (χ3n) is 7.87. The molecule has 2 aliphatic heterocycles. The lowest BCUT2D eigenvalue weighted by atomic mass is 9.84. The normalized spacial score (nSPS) is 18.7. The highest BCUT2D eigenvalue weighted by Crippen LogP contribution is 2.33. The maximum atomic E-state index is 13.2. The van der Waals surface area contributed by atoms with E-state index >= 15 is 0 Å². The van der Waals surface area contributed by atoms with Crippen molar-refractivity contribution in [1.82, 2.24) is 20.7 Å². The number of thiazole rings is 1. The van der Waals surface area contributed by atoms with E-state index in [-0.39, 0.29) is 10.8 Å². The van der Waals surface area contributed by atoms with Crippen LogP contribution in [0.5, 0.6) is 5.75 Å². The number of hydroxylamine groups is 2. The first-order valence-corrected chi connectivity index (χ1v) is 17.1. The summed E-state index contributed by atoms with van der Waals surface area (Å²) in [6.07, 6.45) is 0.217. The monoisotopic (exact) mass is 734 g/mol. The summed E-state index contributed by atoms with van der Waals surface area (Å²) in [6, 6.07) is 9.30. The Bertz CT molecular complexity index is 1910. The summed E-state index contributed by atoms with van der Waals surface area (Å²) in [5, 5.41) is 34.1. The second kappa shape index (κ2) is 14.1. The minimum atomic E-state index is -5.27. The summed E-state index contributed by atoms with van der Waals surface area (Å²) >= 11 is 0.948. The zero-order valence-electron chi connectivity index (χ0n) is 26.9. The molecule has 21 heteroatoms. The molecule has 0 spiro atoms. The molecule has 268 valence electrons. The van der Waals surface area contributed by atoms with Gasteiger partial charge < -0.3 is 40.7 Å². The lowest BCUT2D eigenvalue weighted by molar-refractivity contribution is -0.656. The number of nitrogen functional groups attached to an aromatic ring is 1. The van der Waals surface area contributed by atoms with E-state index in [1.165, 1.54) is 19.2 Å². The number of hydrogen-bond donors (Lipinski definition) is 6. The summed E-state index contributed by atoms with van der Waals surface area (Å²) in [4.78, 5) is 46.9. The van der Waals surface area contributed by atoms with E-state index in [0.717, 1.165) is 28.3 Å². The lowest BCUT2D eigenvalue weighted by Crippen LogP contribution is -2.76. The molecule has 4 heterocycles. The third-order valence-corrected chi connectivity index (χ3v) is 8.88. The number of aliphatic carboxylic acids is 1. The molecule has 50 heavy (non-hydrogen) atoms. The number of ether oxygens (including phenoxy) is 1. The van der Waals surface area contributed by atoms with Gasteiger partial charge in [0.15, 0.2) is 10.8 Å². The number of hydrogen-bond acceptors (Lipinski definition) is 16. The zero-order chi connectivity index (χ0) is 36.4. The highest BCUT2D eigenvalue weighted by atomic mass is 32.3. The van der Waals surface area contributed by atoms with Crippen molar-refractivity contribution in [2.24, 2.45) is 12.2 Å². The molecule has 2 aromatic heterocycles. The van der Waals surface area contributed by atoms with Gasteiger partial charge in [-0.1, -0.05) is 17.3 Å². The molecule has 5 rings (SSSR count). The predicted molar refractivity (Wildman–Crippen MR) is 174 cm³/mol. The van der Waals surface area contributed by atoms with Crippen LogP contribution in [0.2, 0.25) is 0 Å². The second-order valence-corrected chi connectivity index (χ2v) is 13.9. The first-order chi connectivity index (χ1) is 23.5. The Labute approximate surface area is 289 Å². The molecule has 19 nitrogen and oxygen atoms in total. The molecule has 2 fully saturated rings. The molecular weight excluding hydrogens is 700 g/mol. The van der Waals surface area contributed by atoms with E-state index in [1.54, 1.807) is 24.3 Å². The van der Waals surface area contributed by atoms with Crippen molar-refractivity contribution in [3.8, 4) is 16.9 Å². The number of amides is 2. The highest BCUT2D eigenvalue weighted by molar-refractivity contribution is 7.80. The maximum Gasteiger partial charge on any atom is 0.351 e. The van der Waals surface area contributed by atoms with Crippen LogP contribution in [0.3, 0.4) is 0 Å². The van der Waals surface area contributed by atoms with Crippen LogP contribution in [0.25, 0.3) is 11.1 Å². The van der Waals surface area contributed by atoms with Crippen molar-refractivity contribution >= 4 is 56.2 Å². The molecule has 2 saturated heterocycles. The summed E-state index contributed by atoms with van der Waals surface area (Å²) in [5.41, 5.74) is 4.56. The number of carbonyl (C=O) groups is 3. The number of oxime groups is 1. The Morgan fingerprint density at radius 1 is 1.24 bits per heavy atom. The number of aromatic nitrogens is 2. The number of carbonyl (C=O) groups excluding carboxylic acids is 2. The zero-order valence-corrected chi connectivity index (χ0v) is 28.5. The van der Waals surface area contributed by atoms with Gasteiger partial charge >= 0.3 is 5.97 Å². The Hall–Kier alpha value is -4.93. The number of β-lactam (4-membered cyclic amide) rings is 1. The number of carboxylic acids is 1. The van der Waals surface area contributed by atoms with Gasteiger partial charge in [0, 0.05) is 30.1 Å². The highest BCUT2D eigenvalue weighted by Gasteiger charge is 2.57. The Morgan fingerprint density at radius 2 is 1.92 bits per heavy atom. The second-order valence-electron chi connectivity index (χ2n) is 12.0. The molecule has 7 N–H and O–H groups in total. The number of aryl methyl sites for hydroxylation is 1. The molecule has 0 radical (unpaired) electrons. The van der Waals surface area contributed by atoms with Crippen LogP contribution in [0.4, 0.5) is 10.9 Å². The summed E-state index contributed by atoms with van der Waals surface area (Å²) in [7, 11) is -3.40. The van der Waals surface area contributed by atoms with Crippen LogP contribution in [0, 0.1) is 0 Å². The fraction of sp³-hybridized carbons (Fsp3) is 0.379. The number of aliphatic hydroxyl groups is 1. The number of benzene rings is 1. The van der Waals surface area contributed by atoms with Crippen molar-refractivity contribution in [2.75, 3.05) is 37.3 Å². The van der Waals surface area contributed by atoms with E-state index < -0.39 is 63.8 Å². The van der Waals surface area contributed by atoms with E-state index in [1.807, 2.05) is 29.9 Å². The smallest absolute Gasteiger partial charge is 0.351 e. The Kier molecular flexibility index (Phi) is 10.3. The maximum absolute atomic E-state index is 13.2. The van der Waals surface area contributed by atoms with Crippen LogP contribution in [-0.4, -0.2) is 106 Å². The largest absolute Gasteiger partial charge is 0.724 e. The number of carboxylic acid groups (broad SMARTS) is 1. The van der Waals surface area contributed by atoms with Gasteiger partial charge in [0.25, 0.3) is 23.7 Å². The van der Waals surface area contributed by atoms with Crippen LogP contribution in [0.1, 0.15) is 19.5 Å². The van der Waals surface area contributed by atoms with Gasteiger partial charge in [0.1, 0.15) is 36.2 Å². The number of pyridine rings is 1. The van der Waals surface area contributed by atoms with E-state index in [4.69, 9.17) is 15.3 Å². The molecule has 2 atom stereocenters. The van der Waals surface area contributed by atoms with Gasteiger partial charge in [0.05, 0.1) is 18.8 Å². The standard InChI is InChI=1S/C29H34N8O11S2/c1-28(2)23(25(39)37(28)48-50(43,44)45)34-24(38)22(19-12-49-27(30)33-19)35-47-20(26(40)41)11-46-18-7-4-16(5-8-18)17-6-9-21(36(3)10-17)32-15-29(42)13-31-14-29/h4-10,12,20,23,31,42H,11,13-15H2,1-3H3,(H5,30,33,34,38,40,41,43,44,45)/b35-22-/t20?,23-/m1/s1. The fourth-order valence-corrected chi connectivity index (χ4v) is 5.95. The van der Waals surface area contributed by atoms with E-state index in [9.17, 15) is 37.6 Å². The lowest BCUT2D eigenvalue weighted by Gasteiger charge is -2.51. The average molecular weight is 735 g/mol. The summed E-state index contributed by atoms with van der Waals surface area (Å²) in [5.74, 6) is -2.40. The molecule has 2 amide bonds. The minimum Gasteiger partial charge on any atom is -0.724 e. The molecule has 0 bridgehead atoms. The number of nitrogens with one attached hydrogen (secondary N) is 3. The Morgan fingerprint density at radius 3 is 2.46 bits per heavy atom. The van der Waals surface area contributed by atoms with Gasteiger partial charge in [-0.2, -0.15) is 9.35 Å². The number of β-amino-alcohol motifs (C(OH)–C–C–N with tert-alkyl or cyclic N) is 1. The van der Waals surface area contributed by atoms with Crippen molar-refractivity contribution < 1.29 is 56.0 Å². The molecule has 1 unspecified atom stereocenters. The SMILES string of the molecule is C[n+]1cc(-c2ccc(OCC(O/N=C(\C(=O)N[C@@H]3C(=O)N(OS(=O)(=O)[O-])C3(C)C)c3csc(N)n3)C(=O)O)cc2)ccc1NCC1(O)CNC1. The molecule has 1 aromatic carbocycles. The third kappa shape index (κ3) is 8.26. The van der Waals surface area contributed by atoms with E-state index in [0.29, 0.717) is 30.4 Å². The number of nitrogens with zero attached hydrogens (tertiary/aromatic N) is 4. The van der Waals surface area contributed by atoms with Crippen molar-refractivity contribution in [2.45, 2.75) is 37.1 Å². The van der Waals surface area contributed by atoms with Crippen LogP contribution >= 0.6 is 11.3 Å². The summed E-state index contributed by atoms with van der Waals surface area (Å²) < 4.78 is 44.7. The quantitative estimate of drug-likeness (QED) is 0.0265. The molecule has 3 aromatic rings. The molecule has 0 aliphatic carbocycles. The van der Waals surface area contributed by atoms with Gasteiger partial charge in [0.2, 0.25) is 10.4 Å². The number of anilines is 2. The van der Waals surface area contributed by atoms with Crippen molar-refractivity contribution in [3.63, 3.8) is 0 Å². The van der Waals surface area contributed by atoms with Crippen molar-refractivity contribution in [1.29, 1.82) is 0 Å².